The molecular formula is C9H20N3O2P. The Balaban J connectivity index is 3.11. The number of unbranched alkanes of at least 4 members (excludes halogenated alkanes) is 2. The van der Waals surface area contributed by atoms with Gasteiger partial charge < -0.3 is 16.4 Å². The van der Waals surface area contributed by atoms with E-state index in [-0.39, 0.29) is 18.1 Å². The molecule has 0 aliphatic rings. The first-order valence-electron chi connectivity index (χ1n) is 5.13. The highest BCUT2D eigenvalue weighted by Gasteiger charge is 1.97. The molecule has 1 unspecified atom stereocenters. The van der Waals surface area contributed by atoms with E-state index in [4.69, 9.17) is 5.73 Å². The van der Waals surface area contributed by atoms with E-state index < -0.39 is 0 Å². The largest absolute Gasteiger partial charge is 0.355 e. The first-order chi connectivity index (χ1) is 7.20. The molecule has 0 radical (unpaired) electrons. The molecule has 0 rings (SSSR count). The lowest BCUT2D eigenvalue weighted by Gasteiger charge is -2.04. The van der Waals surface area contributed by atoms with Crippen molar-refractivity contribution in [3.8, 4) is 0 Å². The molecule has 0 spiro atoms. The van der Waals surface area contributed by atoms with Crippen LogP contribution in [0.4, 0.5) is 4.79 Å². The zero-order valence-electron chi connectivity index (χ0n) is 9.14. The fourth-order valence-corrected chi connectivity index (χ4v) is 1.32. The van der Waals surface area contributed by atoms with Crippen molar-refractivity contribution in [2.75, 3.05) is 26.3 Å². The van der Waals surface area contributed by atoms with Gasteiger partial charge in [-0.3, -0.25) is 9.59 Å². The Labute approximate surface area is 92.3 Å². The van der Waals surface area contributed by atoms with Gasteiger partial charge in [0.25, 0.3) is 0 Å². The van der Waals surface area contributed by atoms with E-state index in [9.17, 15) is 9.59 Å². The van der Waals surface area contributed by atoms with Crippen LogP contribution >= 0.6 is 8.58 Å². The molecule has 0 aromatic rings. The maximum atomic E-state index is 10.9. The first kappa shape index (κ1) is 14.3. The van der Waals surface area contributed by atoms with E-state index in [1.165, 1.54) is 0 Å². The maximum Gasteiger partial charge on any atom is 0.237 e. The van der Waals surface area contributed by atoms with E-state index in [0.29, 0.717) is 15.1 Å². The molecule has 0 heterocycles. The third-order valence-corrected chi connectivity index (χ3v) is 2.50. The Kier molecular flexibility index (Phi) is 9.43. The summed E-state index contributed by atoms with van der Waals surface area (Å²) in [5, 5.41) is 5.50. The third kappa shape index (κ3) is 9.63. The van der Waals surface area contributed by atoms with Gasteiger partial charge >= 0.3 is 0 Å². The van der Waals surface area contributed by atoms with Crippen LogP contribution in [0.5, 0.6) is 0 Å². The van der Waals surface area contributed by atoms with Crippen molar-refractivity contribution in [2.45, 2.75) is 19.3 Å². The molecule has 5 nitrogen and oxygen atoms in total. The molecule has 15 heavy (non-hydrogen) atoms. The highest BCUT2D eigenvalue weighted by molar-refractivity contribution is 7.56. The third-order valence-electron chi connectivity index (χ3n) is 1.87. The molecule has 0 saturated heterocycles. The lowest BCUT2D eigenvalue weighted by molar-refractivity contribution is -0.119. The summed E-state index contributed by atoms with van der Waals surface area (Å²) in [5.74, 6) is -0.115. The van der Waals surface area contributed by atoms with E-state index in [0.717, 1.165) is 25.8 Å². The predicted octanol–water partition coefficient (Wildman–Crippen LogP) is 0.250. The monoisotopic (exact) mass is 233 g/mol. The number of nitrogens with two attached hydrogens (primary N) is 1. The molecule has 0 aromatic heterocycles. The second-order valence-electron chi connectivity index (χ2n) is 3.12. The molecule has 0 aliphatic heterocycles. The Morgan fingerprint density at radius 3 is 2.27 bits per heavy atom. The number of carbonyl (C=O) groups excluding carboxylic acids is 2. The summed E-state index contributed by atoms with van der Waals surface area (Å²) in [4.78, 5) is 21.6. The number of amides is 2. The van der Waals surface area contributed by atoms with Crippen LogP contribution in [0.3, 0.4) is 0 Å². The standard InChI is InChI=1S/C9H20N3O2P/c1-15-9(14)12-6-4-2-3-5-11-8(13)7-10/h15H,2-7,10H2,1H3,(H,11,13)(H,12,14). The number of carbonyl (C=O) groups is 2. The van der Waals surface area contributed by atoms with Gasteiger partial charge in [-0.15, -0.1) is 0 Å². The van der Waals surface area contributed by atoms with Gasteiger partial charge in [0.15, 0.2) is 0 Å². The number of hydrogen-bond donors (Lipinski definition) is 3. The van der Waals surface area contributed by atoms with Crippen molar-refractivity contribution in [1.82, 2.24) is 10.6 Å². The van der Waals surface area contributed by atoms with Crippen LogP contribution in [0.2, 0.25) is 0 Å². The van der Waals surface area contributed by atoms with Crippen LogP contribution < -0.4 is 16.4 Å². The zero-order chi connectivity index (χ0) is 11.5. The van der Waals surface area contributed by atoms with Gasteiger partial charge in [-0.05, 0) is 34.5 Å². The lowest BCUT2D eigenvalue weighted by atomic mass is 10.2. The van der Waals surface area contributed by atoms with Gasteiger partial charge in [0.1, 0.15) is 0 Å². The predicted molar refractivity (Wildman–Crippen MR) is 63.6 cm³/mol. The summed E-state index contributed by atoms with van der Waals surface area (Å²) in [6.45, 7) is 3.30. The Hall–Kier alpha value is -0.670. The van der Waals surface area contributed by atoms with Crippen LogP contribution in [0.25, 0.3) is 0 Å². The molecule has 0 aliphatic carbocycles. The van der Waals surface area contributed by atoms with Crippen LogP contribution in [0, 0.1) is 0 Å². The van der Waals surface area contributed by atoms with Crippen molar-refractivity contribution in [3.05, 3.63) is 0 Å². The molecule has 1 atom stereocenters. The van der Waals surface area contributed by atoms with E-state index in [2.05, 4.69) is 10.6 Å². The molecule has 0 saturated carbocycles. The molecular weight excluding hydrogens is 213 g/mol. The van der Waals surface area contributed by atoms with E-state index in [1.807, 2.05) is 6.66 Å². The molecule has 0 bridgehead atoms. The van der Waals surface area contributed by atoms with Gasteiger partial charge in [-0.25, -0.2) is 0 Å². The summed E-state index contributed by atoms with van der Waals surface area (Å²) >= 11 is 0. The minimum absolute atomic E-state index is 0.0491. The Bertz CT molecular complexity index is 180. The molecule has 88 valence electrons. The average Bonchev–Trinajstić information content (AvgIpc) is 2.26. The highest BCUT2D eigenvalue weighted by Crippen LogP contribution is 2.02. The van der Waals surface area contributed by atoms with E-state index >= 15 is 0 Å². The SMILES string of the molecule is CPC(=O)NCCCCCNC(=O)CN. The summed E-state index contributed by atoms with van der Waals surface area (Å²) < 4.78 is 0. The zero-order valence-corrected chi connectivity index (χ0v) is 10.1. The van der Waals surface area contributed by atoms with E-state index in [1.54, 1.807) is 0 Å². The van der Waals surface area contributed by atoms with Gasteiger partial charge in [0, 0.05) is 13.1 Å². The molecule has 0 fully saturated rings. The normalized spacial score (nSPS) is 10.5. The lowest BCUT2D eigenvalue weighted by Crippen LogP contribution is -2.31. The van der Waals surface area contributed by atoms with Crippen molar-refractivity contribution in [1.29, 1.82) is 0 Å². The van der Waals surface area contributed by atoms with Crippen LogP contribution in [0.1, 0.15) is 19.3 Å². The van der Waals surface area contributed by atoms with Gasteiger partial charge in [-0.2, -0.15) is 0 Å². The molecule has 4 N–H and O–H groups in total. The fourth-order valence-electron chi connectivity index (χ4n) is 1.02. The molecule has 6 heteroatoms. The Morgan fingerprint density at radius 1 is 1.13 bits per heavy atom. The van der Waals surface area contributed by atoms with Crippen LogP contribution in [-0.2, 0) is 4.79 Å². The van der Waals surface area contributed by atoms with Gasteiger partial charge in [0.05, 0.1) is 6.54 Å². The second kappa shape index (κ2) is 9.87. The fraction of sp³-hybridized carbons (Fsp3) is 0.778. The Morgan fingerprint density at radius 2 is 1.73 bits per heavy atom. The smallest absolute Gasteiger partial charge is 0.237 e. The van der Waals surface area contributed by atoms with Crippen molar-refractivity contribution in [2.24, 2.45) is 5.73 Å². The maximum absolute atomic E-state index is 10.9. The molecule has 0 aromatic carbocycles. The van der Waals surface area contributed by atoms with Gasteiger partial charge in [0.2, 0.25) is 11.6 Å². The molecule has 2 amide bonds. The summed E-state index contributed by atoms with van der Waals surface area (Å²) in [6, 6.07) is 0. The summed E-state index contributed by atoms with van der Waals surface area (Å²) in [6.07, 6.45) is 2.88. The highest BCUT2D eigenvalue weighted by atomic mass is 31.1. The summed E-state index contributed by atoms with van der Waals surface area (Å²) in [7, 11) is 0.319. The first-order valence-corrected chi connectivity index (χ1v) is 6.63. The average molecular weight is 233 g/mol. The van der Waals surface area contributed by atoms with Crippen molar-refractivity contribution >= 4 is 20.1 Å². The van der Waals surface area contributed by atoms with Crippen LogP contribution in [0.15, 0.2) is 0 Å². The number of hydrogen-bond acceptors (Lipinski definition) is 3. The minimum Gasteiger partial charge on any atom is -0.355 e. The van der Waals surface area contributed by atoms with Crippen molar-refractivity contribution < 1.29 is 9.59 Å². The quantitative estimate of drug-likeness (QED) is 0.415. The number of nitrogens with one attached hydrogen (secondary N) is 2. The second-order valence-corrected chi connectivity index (χ2v) is 4.07. The van der Waals surface area contributed by atoms with Gasteiger partial charge in [-0.1, -0.05) is 0 Å². The van der Waals surface area contributed by atoms with Crippen LogP contribution in [-0.4, -0.2) is 37.9 Å². The van der Waals surface area contributed by atoms with Crippen molar-refractivity contribution in [3.63, 3.8) is 0 Å². The number of rotatable bonds is 8. The minimum atomic E-state index is -0.115. The summed E-state index contributed by atoms with van der Waals surface area (Å²) in [5.41, 5.74) is 5.24. The topological polar surface area (TPSA) is 84.2 Å².